The number of nitriles is 1. The molecule has 0 spiro atoms. The van der Waals surface area contributed by atoms with Gasteiger partial charge in [0.15, 0.2) is 0 Å². The molecule has 1 atom stereocenters. The van der Waals surface area contributed by atoms with Crippen LogP contribution >= 0.6 is 0 Å². The second-order valence-corrected chi connectivity index (χ2v) is 9.90. The summed E-state index contributed by atoms with van der Waals surface area (Å²) in [5, 5.41) is 31.2. The molecular formula is C28H27F4N7O2. The number of pyridine rings is 1. The summed E-state index contributed by atoms with van der Waals surface area (Å²) in [6.45, 7) is 1.06. The smallest absolute Gasteiger partial charge is 0.387 e. The highest BCUT2D eigenvalue weighted by atomic mass is 19.4. The van der Waals surface area contributed by atoms with Gasteiger partial charge < -0.3 is 21.1 Å². The lowest BCUT2D eigenvalue weighted by Crippen LogP contribution is -2.42. The zero-order chi connectivity index (χ0) is 29.8. The number of nitrogens with zero attached hydrogens (tertiary/aromatic N) is 4. The Hall–Kier alpha value is -4.54. The number of fused-ring (bicyclic) bond motifs is 1. The monoisotopic (exact) mass is 569 g/mol. The number of carbonyl (C=O) groups excluding carboxylic acids is 1. The SMILES string of the molecule is CC(C)(O)C(F)CNC(=O)c1cnc(-c2ccc3cc(C#N)cnn23)cc1Nc1ccc(CNCC(F)(F)F)cc1. The van der Waals surface area contributed by atoms with Gasteiger partial charge in [0.25, 0.3) is 5.91 Å². The van der Waals surface area contributed by atoms with Crippen molar-refractivity contribution in [1.29, 1.82) is 5.26 Å². The van der Waals surface area contributed by atoms with Crippen molar-refractivity contribution in [2.75, 3.05) is 18.4 Å². The minimum atomic E-state index is -4.31. The predicted octanol–water partition coefficient (Wildman–Crippen LogP) is 4.50. The molecule has 0 bridgehead atoms. The Bertz CT molecular complexity index is 1570. The predicted molar refractivity (Wildman–Crippen MR) is 144 cm³/mol. The van der Waals surface area contributed by atoms with E-state index >= 15 is 0 Å². The van der Waals surface area contributed by atoms with Crippen LogP contribution in [0.15, 0.2) is 60.9 Å². The first kappa shape index (κ1) is 29.4. The fraction of sp³-hybridized carbons (Fsp3) is 0.286. The van der Waals surface area contributed by atoms with Crippen LogP contribution in [0.1, 0.15) is 35.3 Å². The van der Waals surface area contributed by atoms with E-state index in [1.165, 1.54) is 26.2 Å². The van der Waals surface area contributed by atoms with Gasteiger partial charge >= 0.3 is 6.18 Å². The Labute approximate surface area is 232 Å². The lowest BCUT2D eigenvalue weighted by atomic mass is 10.0. The number of hydrogen-bond donors (Lipinski definition) is 4. The maximum Gasteiger partial charge on any atom is 0.401 e. The van der Waals surface area contributed by atoms with E-state index in [0.717, 1.165) is 0 Å². The van der Waals surface area contributed by atoms with Crippen LogP contribution < -0.4 is 16.0 Å². The van der Waals surface area contributed by atoms with Crippen molar-refractivity contribution in [3.8, 4) is 17.5 Å². The molecule has 1 unspecified atom stereocenters. The molecular weight excluding hydrogens is 542 g/mol. The summed E-state index contributed by atoms with van der Waals surface area (Å²) in [7, 11) is 0. The summed E-state index contributed by atoms with van der Waals surface area (Å²) in [5.74, 6) is -0.636. The summed E-state index contributed by atoms with van der Waals surface area (Å²) < 4.78 is 53.1. The molecule has 41 heavy (non-hydrogen) atoms. The molecule has 13 heteroatoms. The number of halogens is 4. The molecule has 0 fully saturated rings. The number of benzene rings is 1. The number of amides is 1. The van der Waals surface area contributed by atoms with Crippen LogP contribution in [-0.2, 0) is 6.54 Å². The standard InChI is InChI=1S/C28H27F4N7O2/c1-27(2,41)25(29)15-36-26(40)21-14-35-23(24-8-7-20-9-18(11-33)13-37-39(20)24)10-22(21)38-19-5-3-17(4-6-19)12-34-16-28(30,31)32/h3-10,13-14,25,34,41H,12,15-16H2,1-2H3,(H,35,38)(H,36,40). The lowest BCUT2D eigenvalue weighted by Gasteiger charge is -2.22. The van der Waals surface area contributed by atoms with Crippen molar-refractivity contribution >= 4 is 22.8 Å². The molecule has 4 N–H and O–H groups in total. The number of aromatic nitrogens is 3. The number of rotatable bonds is 10. The Kier molecular flexibility index (Phi) is 8.55. The molecule has 4 aromatic rings. The van der Waals surface area contributed by atoms with Crippen molar-refractivity contribution in [3.63, 3.8) is 0 Å². The Morgan fingerprint density at radius 3 is 2.51 bits per heavy atom. The van der Waals surface area contributed by atoms with Crippen molar-refractivity contribution in [2.45, 2.75) is 38.3 Å². The molecule has 0 aliphatic heterocycles. The average Bonchev–Trinajstić information content (AvgIpc) is 3.34. The van der Waals surface area contributed by atoms with E-state index in [0.29, 0.717) is 39.4 Å². The average molecular weight is 570 g/mol. The van der Waals surface area contributed by atoms with E-state index < -0.39 is 36.9 Å². The Morgan fingerprint density at radius 2 is 1.85 bits per heavy atom. The van der Waals surface area contributed by atoms with Crippen LogP contribution in [-0.4, -0.2) is 56.7 Å². The quantitative estimate of drug-likeness (QED) is 0.207. The molecule has 3 aromatic heterocycles. The van der Waals surface area contributed by atoms with Crippen molar-refractivity contribution in [2.24, 2.45) is 0 Å². The summed E-state index contributed by atoms with van der Waals surface area (Å²) in [6, 6.07) is 15.4. The maximum atomic E-state index is 14.3. The molecule has 0 radical (unpaired) electrons. The molecule has 214 valence electrons. The van der Waals surface area contributed by atoms with Gasteiger partial charge in [0.1, 0.15) is 12.2 Å². The van der Waals surface area contributed by atoms with Gasteiger partial charge in [-0.25, -0.2) is 8.91 Å². The van der Waals surface area contributed by atoms with Crippen LogP contribution in [0, 0.1) is 11.3 Å². The second kappa shape index (κ2) is 11.9. The lowest BCUT2D eigenvalue weighted by molar-refractivity contribution is -0.125. The summed E-state index contributed by atoms with van der Waals surface area (Å²) in [5.41, 5.74) is 1.98. The van der Waals surface area contributed by atoms with Gasteiger partial charge in [-0.05, 0) is 55.8 Å². The van der Waals surface area contributed by atoms with E-state index in [9.17, 15) is 27.5 Å². The van der Waals surface area contributed by atoms with Gasteiger partial charge in [0, 0.05) is 18.4 Å². The zero-order valence-electron chi connectivity index (χ0n) is 22.1. The highest BCUT2D eigenvalue weighted by Crippen LogP contribution is 2.28. The largest absolute Gasteiger partial charge is 0.401 e. The van der Waals surface area contributed by atoms with Crippen LogP contribution in [0.5, 0.6) is 0 Å². The van der Waals surface area contributed by atoms with Gasteiger partial charge in [-0.3, -0.25) is 9.78 Å². The van der Waals surface area contributed by atoms with Crippen molar-refractivity contribution < 1.29 is 27.5 Å². The molecule has 1 aromatic carbocycles. The van der Waals surface area contributed by atoms with Crippen LogP contribution in [0.4, 0.5) is 28.9 Å². The molecule has 1 amide bonds. The normalized spacial score (nSPS) is 12.6. The van der Waals surface area contributed by atoms with Crippen LogP contribution in [0.2, 0.25) is 0 Å². The number of alkyl halides is 4. The Morgan fingerprint density at radius 1 is 1.12 bits per heavy atom. The topological polar surface area (TPSA) is 127 Å². The number of nitrogens with one attached hydrogen (secondary N) is 3. The van der Waals surface area contributed by atoms with E-state index in [4.69, 9.17) is 5.26 Å². The molecule has 9 nitrogen and oxygen atoms in total. The number of anilines is 2. The third-order valence-electron chi connectivity index (χ3n) is 6.14. The third-order valence-corrected chi connectivity index (χ3v) is 6.14. The van der Waals surface area contributed by atoms with E-state index in [1.807, 2.05) is 6.07 Å². The minimum absolute atomic E-state index is 0.0141. The number of hydrogen-bond acceptors (Lipinski definition) is 7. The molecule has 3 heterocycles. The van der Waals surface area contributed by atoms with E-state index in [-0.39, 0.29) is 12.1 Å². The first-order valence-electron chi connectivity index (χ1n) is 12.5. The minimum Gasteiger partial charge on any atom is -0.387 e. The summed E-state index contributed by atoms with van der Waals surface area (Å²) in [4.78, 5) is 17.4. The van der Waals surface area contributed by atoms with E-state index in [2.05, 4.69) is 26.0 Å². The molecule has 4 rings (SSSR count). The molecule has 0 aliphatic carbocycles. The highest BCUT2D eigenvalue weighted by molar-refractivity contribution is 6.00. The molecule has 0 aliphatic rings. The highest BCUT2D eigenvalue weighted by Gasteiger charge is 2.28. The van der Waals surface area contributed by atoms with Gasteiger partial charge in [-0.2, -0.15) is 23.5 Å². The first-order valence-corrected chi connectivity index (χ1v) is 12.5. The van der Waals surface area contributed by atoms with Crippen LogP contribution in [0.3, 0.4) is 0 Å². The van der Waals surface area contributed by atoms with Gasteiger partial charge in [0.2, 0.25) is 0 Å². The Balaban J connectivity index is 1.62. The van der Waals surface area contributed by atoms with Gasteiger partial charge in [0.05, 0.1) is 58.6 Å². The van der Waals surface area contributed by atoms with E-state index in [1.54, 1.807) is 53.0 Å². The third kappa shape index (κ3) is 7.56. The van der Waals surface area contributed by atoms with Crippen molar-refractivity contribution in [3.05, 3.63) is 77.6 Å². The maximum absolute atomic E-state index is 14.3. The van der Waals surface area contributed by atoms with Crippen molar-refractivity contribution in [1.82, 2.24) is 25.2 Å². The molecule has 0 saturated carbocycles. The second-order valence-electron chi connectivity index (χ2n) is 9.90. The van der Waals surface area contributed by atoms with Gasteiger partial charge in [-0.1, -0.05) is 12.1 Å². The fourth-order valence-electron chi connectivity index (χ4n) is 3.87. The summed E-state index contributed by atoms with van der Waals surface area (Å²) in [6.07, 6.45) is -3.29. The number of aliphatic hydroxyl groups is 1. The zero-order valence-corrected chi connectivity index (χ0v) is 22.1. The van der Waals surface area contributed by atoms with Crippen LogP contribution in [0.25, 0.3) is 16.9 Å². The van der Waals surface area contributed by atoms with Gasteiger partial charge in [-0.15, -0.1) is 0 Å². The molecule has 0 saturated heterocycles. The first-order chi connectivity index (χ1) is 19.3. The summed E-state index contributed by atoms with van der Waals surface area (Å²) >= 11 is 0. The fourth-order valence-corrected chi connectivity index (χ4v) is 3.87. The number of carbonyl (C=O) groups is 1.